The predicted octanol–water partition coefficient (Wildman–Crippen LogP) is 3.54. The van der Waals surface area contributed by atoms with Crippen molar-refractivity contribution in [2.75, 3.05) is 32.7 Å². The van der Waals surface area contributed by atoms with Crippen molar-refractivity contribution in [1.29, 1.82) is 0 Å². The average molecular weight is 462 g/mol. The van der Waals surface area contributed by atoms with Gasteiger partial charge < -0.3 is 10.6 Å². The van der Waals surface area contributed by atoms with Crippen molar-refractivity contribution in [1.82, 2.24) is 15.5 Å². The molecule has 24 heavy (non-hydrogen) atoms. The van der Waals surface area contributed by atoms with Crippen LogP contribution in [0, 0.1) is 11.8 Å². The number of hydrogen-bond donors (Lipinski definition) is 2. The maximum Gasteiger partial charge on any atom is 0.191 e. The topological polar surface area (TPSA) is 39.7 Å². The molecule has 2 N–H and O–H groups in total. The number of rotatable bonds is 7. The molecule has 4 nitrogen and oxygen atoms in total. The fraction of sp³-hybridized carbons (Fsp3) is 0.722. The maximum atomic E-state index is 4.84. The summed E-state index contributed by atoms with van der Waals surface area (Å²) in [5.74, 6) is 2.59. The second-order valence-corrected chi connectivity index (χ2v) is 7.90. The van der Waals surface area contributed by atoms with Crippen molar-refractivity contribution < 1.29 is 0 Å². The lowest BCUT2D eigenvalue weighted by molar-refractivity contribution is 0.172. The van der Waals surface area contributed by atoms with Crippen LogP contribution in [0.1, 0.15) is 37.5 Å². The SMILES string of the molecule is CCNC(=NCC1CCCN(Cc2cccs2)C1)NCC1CC1.I. The van der Waals surface area contributed by atoms with Crippen LogP contribution in [0.5, 0.6) is 0 Å². The Kier molecular flexibility index (Phi) is 8.83. The van der Waals surface area contributed by atoms with E-state index in [9.17, 15) is 0 Å². The first-order chi connectivity index (χ1) is 11.3. The second kappa shape index (κ2) is 10.6. The molecule has 0 spiro atoms. The lowest BCUT2D eigenvalue weighted by Crippen LogP contribution is -2.40. The molecule has 2 heterocycles. The molecule has 1 aromatic rings. The lowest BCUT2D eigenvalue weighted by Gasteiger charge is -2.31. The van der Waals surface area contributed by atoms with Gasteiger partial charge in [-0.15, -0.1) is 35.3 Å². The minimum absolute atomic E-state index is 0. The van der Waals surface area contributed by atoms with Gasteiger partial charge >= 0.3 is 0 Å². The van der Waals surface area contributed by atoms with E-state index in [1.807, 2.05) is 11.3 Å². The zero-order valence-corrected chi connectivity index (χ0v) is 17.8. The van der Waals surface area contributed by atoms with E-state index < -0.39 is 0 Å². The predicted molar refractivity (Wildman–Crippen MR) is 114 cm³/mol. The zero-order chi connectivity index (χ0) is 15.9. The molecule has 136 valence electrons. The van der Waals surface area contributed by atoms with Gasteiger partial charge in [-0.25, -0.2) is 0 Å². The van der Waals surface area contributed by atoms with Crippen LogP contribution >= 0.6 is 35.3 Å². The van der Waals surface area contributed by atoms with Crippen LogP contribution in [-0.2, 0) is 6.54 Å². The fourth-order valence-corrected chi connectivity index (χ4v) is 3.94. The molecule has 1 aliphatic carbocycles. The molecule has 1 saturated heterocycles. The molecule has 3 rings (SSSR count). The van der Waals surface area contributed by atoms with Crippen LogP contribution in [0.15, 0.2) is 22.5 Å². The van der Waals surface area contributed by atoms with Crippen LogP contribution in [0.3, 0.4) is 0 Å². The molecule has 1 atom stereocenters. The maximum absolute atomic E-state index is 4.84. The minimum atomic E-state index is 0. The highest BCUT2D eigenvalue weighted by molar-refractivity contribution is 14.0. The van der Waals surface area contributed by atoms with Crippen LogP contribution in [0.4, 0.5) is 0 Å². The normalized spacial score (nSPS) is 22.0. The molecule has 0 aromatic carbocycles. The third-order valence-corrected chi connectivity index (χ3v) is 5.53. The molecule has 1 saturated carbocycles. The van der Waals surface area contributed by atoms with E-state index in [4.69, 9.17) is 4.99 Å². The van der Waals surface area contributed by atoms with E-state index in [0.29, 0.717) is 5.92 Å². The van der Waals surface area contributed by atoms with Gasteiger partial charge in [-0.1, -0.05) is 6.07 Å². The van der Waals surface area contributed by atoms with Crippen molar-refractivity contribution in [2.45, 2.75) is 39.2 Å². The highest BCUT2D eigenvalue weighted by Crippen LogP contribution is 2.27. The summed E-state index contributed by atoms with van der Waals surface area (Å²) in [6.45, 7) is 8.63. The first kappa shape index (κ1) is 20.0. The second-order valence-electron chi connectivity index (χ2n) is 6.87. The van der Waals surface area contributed by atoms with Crippen LogP contribution in [-0.4, -0.2) is 43.6 Å². The largest absolute Gasteiger partial charge is 0.357 e. The minimum Gasteiger partial charge on any atom is -0.357 e. The van der Waals surface area contributed by atoms with Gasteiger partial charge in [0.1, 0.15) is 0 Å². The monoisotopic (exact) mass is 462 g/mol. The highest BCUT2D eigenvalue weighted by atomic mass is 127. The molecule has 1 aromatic heterocycles. The summed E-state index contributed by atoms with van der Waals surface area (Å²) in [7, 11) is 0. The number of guanidine groups is 1. The molecular formula is C18H31IN4S. The third kappa shape index (κ3) is 6.88. The number of thiophene rings is 1. The number of aliphatic imine (C=N–C) groups is 1. The van der Waals surface area contributed by atoms with Crippen molar-refractivity contribution in [3.8, 4) is 0 Å². The highest BCUT2D eigenvalue weighted by Gasteiger charge is 2.22. The quantitative estimate of drug-likeness (QED) is 0.370. The summed E-state index contributed by atoms with van der Waals surface area (Å²) in [6.07, 6.45) is 5.38. The summed E-state index contributed by atoms with van der Waals surface area (Å²) >= 11 is 1.87. The summed E-state index contributed by atoms with van der Waals surface area (Å²) in [5, 5.41) is 9.05. The van der Waals surface area contributed by atoms with E-state index in [2.05, 4.69) is 40.0 Å². The van der Waals surface area contributed by atoms with Crippen LogP contribution in [0.25, 0.3) is 0 Å². The van der Waals surface area contributed by atoms with E-state index in [-0.39, 0.29) is 24.0 Å². The molecule has 0 radical (unpaired) electrons. The van der Waals surface area contributed by atoms with Gasteiger partial charge in [0.25, 0.3) is 0 Å². The van der Waals surface area contributed by atoms with E-state index in [1.54, 1.807) is 0 Å². The Morgan fingerprint density at radius 3 is 2.88 bits per heavy atom. The fourth-order valence-electron chi connectivity index (χ4n) is 3.19. The van der Waals surface area contributed by atoms with Gasteiger partial charge in [-0.3, -0.25) is 9.89 Å². The first-order valence-corrected chi connectivity index (χ1v) is 9.98. The van der Waals surface area contributed by atoms with Crippen LogP contribution < -0.4 is 10.6 Å². The number of piperidine rings is 1. The Balaban J connectivity index is 0.00000208. The Bertz CT molecular complexity index is 487. The van der Waals surface area contributed by atoms with Gasteiger partial charge in [0, 0.05) is 37.6 Å². The molecule has 6 heteroatoms. The van der Waals surface area contributed by atoms with Crippen molar-refractivity contribution in [3.05, 3.63) is 22.4 Å². The molecule has 0 amide bonds. The van der Waals surface area contributed by atoms with Gasteiger partial charge in [-0.2, -0.15) is 0 Å². The molecule has 1 unspecified atom stereocenters. The third-order valence-electron chi connectivity index (χ3n) is 4.67. The number of halogens is 1. The van der Waals surface area contributed by atoms with E-state index in [0.717, 1.165) is 38.1 Å². The van der Waals surface area contributed by atoms with Gasteiger partial charge in [0.05, 0.1) is 0 Å². The molecule has 1 aliphatic heterocycles. The molecule has 2 aliphatic rings. The van der Waals surface area contributed by atoms with E-state index >= 15 is 0 Å². The first-order valence-electron chi connectivity index (χ1n) is 9.10. The van der Waals surface area contributed by atoms with Crippen molar-refractivity contribution in [3.63, 3.8) is 0 Å². The standard InChI is InChI=1S/C18H30N4S.HI/c1-2-19-18(20-11-15-7-8-15)21-12-16-5-3-9-22(13-16)14-17-6-4-10-23-17;/h4,6,10,15-16H,2-3,5,7-9,11-14H2,1H3,(H2,19,20,21);1H. The summed E-state index contributed by atoms with van der Waals surface area (Å²) in [4.78, 5) is 8.92. The average Bonchev–Trinajstić information content (AvgIpc) is 3.26. The van der Waals surface area contributed by atoms with Gasteiger partial charge in [0.15, 0.2) is 5.96 Å². The summed E-state index contributed by atoms with van der Waals surface area (Å²) in [5.41, 5.74) is 0. The molecule has 2 fully saturated rings. The van der Waals surface area contributed by atoms with Crippen molar-refractivity contribution >= 4 is 41.3 Å². The lowest BCUT2D eigenvalue weighted by atomic mass is 9.98. The summed E-state index contributed by atoms with van der Waals surface area (Å²) < 4.78 is 0. The summed E-state index contributed by atoms with van der Waals surface area (Å²) in [6, 6.07) is 4.40. The Morgan fingerprint density at radius 2 is 2.17 bits per heavy atom. The Hall–Kier alpha value is -0.340. The number of hydrogen-bond acceptors (Lipinski definition) is 3. The van der Waals surface area contributed by atoms with E-state index in [1.165, 1.54) is 43.6 Å². The van der Waals surface area contributed by atoms with Gasteiger partial charge in [0.2, 0.25) is 0 Å². The van der Waals surface area contributed by atoms with Crippen molar-refractivity contribution in [2.24, 2.45) is 16.8 Å². The molecule has 0 bridgehead atoms. The zero-order valence-electron chi connectivity index (χ0n) is 14.7. The number of nitrogens with zero attached hydrogens (tertiary/aromatic N) is 2. The van der Waals surface area contributed by atoms with Gasteiger partial charge in [-0.05, 0) is 62.4 Å². The smallest absolute Gasteiger partial charge is 0.191 e. The molecular weight excluding hydrogens is 431 g/mol. The number of likely N-dealkylation sites (tertiary alicyclic amines) is 1. The Labute approximate surface area is 167 Å². The number of nitrogens with one attached hydrogen (secondary N) is 2. The van der Waals surface area contributed by atoms with Crippen LogP contribution in [0.2, 0.25) is 0 Å². The Morgan fingerprint density at radius 1 is 1.29 bits per heavy atom.